The molecule has 22 heavy (non-hydrogen) atoms. The molecule has 1 aromatic heterocycles. The van der Waals surface area contributed by atoms with Crippen molar-refractivity contribution in [1.29, 1.82) is 0 Å². The summed E-state index contributed by atoms with van der Waals surface area (Å²) >= 11 is 0. The summed E-state index contributed by atoms with van der Waals surface area (Å²) in [5.41, 5.74) is 1.84. The predicted molar refractivity (Wildman–Crippen MR) is 82.1 cm³/mol. The van der Waals surface area contributed by atoms with E-state index in [0.717, 1.165) is 36.6 Å². The highest BCUT2D eigenvalue weighted by Crippen LogP contribution is 2.23. The lowest BCUT2D eigenvalue weighted by molar-refractivity contribution is 0.0697. The highest BCUT2D eigenvalue weighted by molar-refractivity contribution is 5.88. The van der Waals surface area contributed by atoms with Crippen LogP contribution in [0.3, 0.4) is 0 Å². The fraction of sp³-hybridized carbons (Fsp3) is 0.312. The van der Waals surface area contributed by atoms with Crippen molar-refractivity contribution in [2.45, 2.75) is 12.5 Å². The Balaban J connectivity index is 1.83. The van der Waals surface area contributed by atoms with Crippen molar-refractivity contribution < 1.29 is 14.6 Å². The molecule has 1 aromatic carbocycles. The predicted octanol–water partition coefficient (Wildman–Crippen LogP) is 2.07. The summed E-state index contributed by atoms with van der Waals surface area (Å²) in [5.74, 6) is -0.117. The molecule has 114 valence electrons. The molecule has 1 N–H and O–H groups in total. The fourth-order valence-electron chi connectivity index (χ4n) is 2.56. The Morgan fingerprint density at radius 2 is 2.09 bits per heavy atom. The Bertz CT molecular complexity index is 673. The summed E-state index contributed by atoms with van der Waals surface area (Å²) < 4.78 is 5.37. The van der Waals surface area contributed by atoms with Crippen molar-refractivity contribution >= 4 is 11.8 Å². The Kier molecular flexibility index (Phi) is 4.02. The number of aromatic carboxylic acids is 1. The maximum atomic E-state index is 10.9. The molecule has 2 heterocycles. The summed E-state index contributed by atoms with van der Waals surface area (Å²) in [7, 11) is 1.72. The van der Waals surface area contributed by atoms with E-state index in [-0.39, 0.29) is 11.7 Å². The van der Waals surface area contributed by atoms with Crippen LogP contribution in [-0.4, -0.2) is 47.3 Å². The molecule has 1 saturated heterocycles. The molecule has 1 aliphatic heterocycles. The zero-order valence-electron chi connectivity index (χ0n) is 12.3. The van der Waals surface area contributed by atoms with E-state index in [0.29, 0.717) is 0 Å². The first-order chi connectivity index (χ1) is 10.7. The van der Waals surface area contributed by atoms with Crippen molar-refractivity contribution in [2.75, 3.05) is 25.1 Å². The maximum absolute atomic E-state index is 10.9. The Morgan fingerprint density at radius 3 is 2.73 bits per heavy atom. The van der Waals surface area contributed by atoms with Gasteiger partial charge in [0.05, 0.1) is 29.8 Å². The number of carboxylic acids is 1. The molecule has 0 spiro atoms. The Hall–Kier alpha value is -2.47. The molecular formula is C16H17N3O3. The van der Waals surface area contributed by atoms with Gasteiger partial charge < -0.3 is 14.7 Å². The van der Waals surface area contributed by atoms with Crippen LogP contribution in [0.1, 0.15) is 16.8 Å². The van der Waals surface area contributed by atoms with Crippen LogP contribution >= 0.6 is 0 Å². The summed E-state index contributed by atoms with van der Waals surface area (Å²) in [6.07, 6.45) is 4.65. The first-order valence-electron chi connectivity index (χ1n) is 7.11. The van der Waals surface area contributed by atoms with Gasteiger partial charge in [-0.2, -0.15) is 0 Å². The highest BCUT2D eigenvalue weighted by atomic mass is 16.5. The number of carboxylic acid groups (broad SMARTS) is 1. The lowest BCUT2D eigenvalue weighted by atomic mass is 10.1. The normalized spacial score (nSPS) is 17.7. The number of hydrogen-bond donors (Lipinski definition) is 1. The second-order valence-electron chi connectivity index (χ2n) is 5.24. The van der Waals surface area contributed by atoms with Gasteiger partial charge in [-0.25, -0.2) is 9.78 Å². The van der Waals surface area contributed by atoms with Gasteiger partial charge in [-0.3, -0.25) is 4.98 Å². The van der Waals surface area contributed by atoms with Crippen molar-refractivity contribution in [3.63, 3.8) is 0 Å². The van der Waals surface area contributed by atoms with E-state index < -0.39 is 5.97 Å². The van der Waals surface area contributed by atoms with Gasteiger partial charge in [0.1, 0.15) is 5.82 Å². The first kappa shape index (κ1) is 14.5. The smallest absolute Gasteiger partial charge is 0.335 e. The fourth-order valence-corrected chi connectivity index (χ4v) is 2.56. The zero-order valence-corrected chi connectivity index (χ0v) is 12.3. The molecule has 1 fully saturated rings. The number of carbonyl (C=O) groups is 1. The SMILES string of the molecule is COC1CCN(c2cncc(-c3ccc(C(=O)O)cc3)n2)C1. The van der Waals surface area contributed by atoms with Crippen LogP contribution < -0.4 is 4.90 Å². The largest absolute Gasteiger partial charge is 0.478 e. The quantitative estimate of drug-likeness (QED) is 0.931. The van der Waals surface area contributed by atoms with Gasteiger partial charge in [0, 0.05) is 25.8 Å². The van der Waals surface area contributed by atoms with Crippen molar-refractivity contribution in [3.8, 4) is 11.3 Å². The number of rotatable bonds is 4. The minimum atomic E-state index is -0.936. The van der Waals surface area contributed by atoms with E-state index in [9.17, 15) is 4.79 Å². The van der Waals surface area contributed by atoms with Gasteiger partial charge in [-0.05, 0) is 18.6 Å². The lowest BCUT2D eigenvalue weighted by Gasteiger charge is -2.17. The van der Waals surface area contributed by atoms with E-state index in [1.807, 2.05) is 0 Å². The first-order valence-corrected chi connectivity index (χ1v) is 7.11. The van der Waals surface area contributed by atoms with Crippen LogP contribution in [0.15, 0.2) is 36.7 Å². The van der Waals surface area contributed by atoms with Crippen LogP contribution in [0.25, 0.3) is 11.3 Å². The van der Waals surface area contributed by atoms with Crippen LogP contribution in [0.2, 0.25) is 0 Å². The molecule has 6 heteroatoms. The summed E-state index contributed by atoms with van der Waals surface area (Å²) in [4.78, 5) is 21.9. The molecule has 3 rings (SSSR count). The van der Waals surface area contributed by atoms with Crippen LogP contribution in [0, 0.1) is 0 Å². The van der Waals surface area contributed by atoms with E-state index in [1.54, 1.807) is 43.8 Å². The molecule has 0 amide bonds. The van der Waals surface area contributed by atoms with Gasteiger partial charge in [0.2, 0.25) is 0 Å². The second kappa shape index (κ2) is 6.11. The standard InChI is InChI=1S/C16H17N3O3/c1-22-13-6-7-19(10-13)15-9-17-8-14(18-15)11-2-4-12(5-3-11)16(20)21/h2-5,8-9,13H,6-7,10H2,1H3,(H,20,21). The highest BCUT2D eigenvalue weighted by Gasteiger charge is 2.23. The van der Waals surface area contributed by atoms with Gasteiger partial charge in [-0.1, -0.05) is 12.1 Å². The molecule has 0 bridgehead atoms. The molecular weight excluding hydrogens is 282 g/mol. The van der Waals surface area contributed by atoms with Gasteiger partial charge in [0.15, 0.2) is 0 Å². The van der Waals surface area contributed by atoms with Crippen LogP contribution in [0.4, 0.5) is 5.82 Å². The molecule has 0 saturated carbocycles. The Labute approximate surface area is 128 Å². The molecule has 1 unspecified atom stereocenters. The minimum absolute atomic E-state index is 0.236. The van der Waals surface area contributed by atoms with Gasteiger partial charge in [0.25, 0.3) is 0 Å². The second-order valence-corrected chi connectivity index (χ2v) is 5.24. The molecule has 1 aliphatic rings. The van der Waals surface area contributed by atoms with E-state index in [1.165, 1.54) is 0 Å². The van der Waals surface area contributed by atoms with Gasteiger partial charge in [-0.15, -0.1) is 0 Å². The number of aromatic nitrogens is 2. The van der Waals surface area contributed by atoms with E-state index in [4.69, 9.17) is 9.84 Å². The molecule has 1 atom stereocenters. The molecule has 2 aromatic rings. The third kappa shape index (κ3) is 2.92. The van der Waals surface area contributed by atoms with Crippen molar-refractivity contribution in [3.05, 3.63) is 42.2 Å². The number of ether oxygens (including phenoxy) is 1. The number of benzene rings is 1. The summed E-state index contributed by atoms with van der Waals surface area (Å²) in [6, 6.07) is 6.64. The third-order valence-electron chi connectivity index (χ3n) is 3.85. The summed E-state index contributed by atoms with van der Waals surface area (Å²) in [6.45, 7) is 1.71. The molecule has 6 nitrogen and oxygen atoms in total. The number of hydrogen-bond acceptors (Lipinski definition) is 5. The minimum Gasteiger partial charge on any atom is -0.478 e. The van der Waals surface area contributed by atoms with Crippen molar-refractivity contribution in [1.82, 2.24) is 9.97 Å². The maximum Gasteiger partial charge on any atom is 0.335 e. The van der Waals surface area contributed by atoms with Crippen molar-refractivity contribution in [2.24, 2.45) is 0 Å². The number of nitrogens with zero attached hydrogens (tertiary/aromatic N) is 3. The van der Waals surface area contributed by atoms with E-state index in [2.05, 4.69) is 14.9 Å². The van der Waals surface area contributed by atoms with E-state index >= 15 is 0 Å². The average molecular weight is 299 g/mol. The summed E-state index contributed by atoms with van der Waals surface area (Å²) in [5, 5.41) is 8.94. The molecule has 0 radical (unpaired) electrons. The van der Waals surface area contributed by atoms with Gasteiger partial charge >= 0.3 is 5.97 Å². The monoisotopic (exact) mass is 299 g/mol. The Morgan fingerprint density at radius 1 is 1.32 bits per heavy atom. The third-order valence-corrected chi connectivity index (χ3v) is 3.85. The zero-order chi connectivity index (χ0) is 15.5. The number of methoxy groups -OCH3 is 1. The lowest BCUT2D eigenvalue weighted by Crippen LogP contribution is -2.23. The van der Waals surface area contributed by atoms with Crippen LogP contribution in [0.5, 0.6) is 0 Å². The average Bonchev–Trinajstić information content (AvgIpc) is 3.04. The topological polar surface area (TPSA) is 75.5 Å². The number of anilines is 1. The molecule has 0 aliphatic carbocycles. The van der Waals surface area contributed by atoms with Crippen LogP contribution in [-0.2, 0) is 4.74 Å².